The summed E-state index contributed by atoms with van der Waals surface area (Å²) in [4.78, 5) is 7.22. The lowest BCUT2D eigenvalue weighted by Gasteiger charge is -1.85. The molecule has 1 rings (SSSR count). The van der Waals surface area contributed by atoms with Crippen molar-refractivity contribution in [3.05, 3.63) is 17.2 Å². The average molecular weight is 177 g/mol. The molecule has 0 bridgehead atoms. The van der Waals surface area contributed by atoms with Gasteiger partial charge in [-0.1, -0.05) is 6.92 Å². The molecular formula is C7H13ClN2O. The van der Waals surface area contributed by atoms with E-state index >= 15 is 0 Å². The van der Waals surface area contributed by atoms with Crippen LogP contribution in [0.4, 0.5) is 0 Å². The van der Waals surface area contributed by atoms with Gasteiger partial charge in [0.05, 0.1) is 12.3 Å². The van der Waals surface area contributed by atoms with Gasteiger partial charge >= 0.3 is 0 Å². The molecule has 64 valence electrons. The number of hydrogen-bond acceptors (Lipinski definition) is 2. The van der Waals surface area contributed by atoms with Crippen LogP contribution >= 0.6 is 12.4 Å². The van der Waals surface area contributed by atoms with E-state index in [1.165, 1.54) is 0 Å². The quantitative estimate of drug-likeness (QED) is 0.712. The predicted molar refractivity (Wildman–Crippen MR) is 45.9 cm³/mol. The molecule has 0 saturated carbocycles. The van der Waals surface area contributed by atoms with E-state index in [0.29, 0.717) is 0 Å². The number of hydrogen-bond donors (Lipinski definition) is 2. The number of halogens is 1. The van der Waals surface area contributed by atoms with E-state index < -0.39 is 0 Å². The van der Waals surface area contributed by atoms with Crippen molar-refractivity contribution in [1.29, 1.82) is 0 Å². The Morgan fingerprint density at radius 1 is 1.55 bits per heavy atom. The molecule has 1 aromatic rings. The van der Waals surface area contributed by atoms with Crippen molar-refractivity contribution >= 4 is 12.4 Å². The van der Waals surface area contributed by atoms with Crippen molar-refractivity contribution in [3.63, 3.8) is 0 Å². The van der Waals surface area contributed by atoms with Crippen LogP contribution in [0, 0.1) is 6.92 Å². The van der Waals surface area contributed by atoms with Gasteiger partial charge in [-0.3, -0.25) is 0 Å². The highest BCUT2D eigenvalue weighted by Crippen LogP contribution is 2.04. The number of aromatic amines is 1. The van der Waals surface area contributed by atoms with E-state index in [2.05, 4.69) is 9.97 Å². The van der Waals surface area contributed by atoms with Crippen molar-refractivity contribution in [1.82, 2.24) is 9.97 Å². The maximum atomic E-state index is 8.74. The molecule has 4 heteroatoms. The molecule has 0 amide bonds. The van der Waals surface area contributed by atoms with Gasteiger partial charge in [-0.2, -0.15) is 0 Å². The summed E-state index contributed by atoms with van der Waals surface area (Å²) in [5.74, 6) is 0.946. The fourth-order valence-corrected chi connectivity index (χ4v) is 0.885. The van der Waals surface area contributed by atoms with Crippen molar-refractivity contribution < 1.29 is 5.11 Å². The van der Waals surface area contributed by atoms with E-state index in [9.17, 15) is 0 Å². The molecule has 0 saturated heterocycles. The molecule has 0 aliphatic carbocycles. The molecule has 0 unspecified atom stereocenters. The van der Waals surface area contributed by atoms with Crippen LogP contribution in [-0.2, 0) is 13.0 Å². The Balaban J connectivity index is 0.000001000. The molecule has 0 spiro atoms. The third kappa shape index (κ3) is 2.20. The smallest absolute Gasteiger partial charge is 0.106 e. The van der Waals surface area contributed by atoms with Crippen LogP contribution in [0.3, 0.4) is 0 Å². The summed E-state index contributed by atoms with van der Waals surface area (Å²) in [5.41, 5.74) is 1.73. The molecular weight excluding hydrogens is 164 g/mol. The number of aryl methyl sites for hydroxylation is 2. The highest BCUT2D eigenvalue weighted by Gasteiger charge is 2.01. The minimum Gasteiger partial charge on any atom is -0.390 e. The number of nitrogens with one attached hydrogen (secondary N) is 1. The Hall–Kier alpha value is -0.540. The van der Waals surface area contributed by atoms with Crippen molar-refractivity contribution in [2.75, 3.05) is 0 Å². The van der Waals surface area contributed by atoms with E-state index in [-0.39, 0.29) is 19.0 Å². The van der Waals surface area contributed by atoms with Crippen LogP contribution in [0.5, 0.6) is 0 Å². The lowest BCUT2D eigenvalue weighted by Crippen LogP contribution is -1.85. The first-order chi connectivity index (χ1) is 4.77. The SMILES string of the molecule is CCc1nc(CO)c(C)[nH]1.Cl. The minimum atomic E-state index is 0. The van der Waals surface area contributed by atoms with Crippen LogP contribution in [0.2, 0.25) is 0 Å². The molecule has 3 nitrogen and oxygen atoms in total. The van der Waals surface area contributed by atoms with Gasteiger partial charge in [-0.25, -0.2) is 4.98 Å². The first kappa shape index (κ1) is 10.5. The number of aromatic nitrogens is 2. The third-order valence-corrected chi connectivity index (χ3v) is 1.52. The Bertz CT molecular complexity index is 222. The van der Waals surface area contributed by atoms with E-state index in [0.717, 1.165) is 23.6 Å². The first-order valence-electron chi connectivity index (χ1n) is 3.43. The Morgan fingerprint density at radius 2 is 2.18 bits per heavy atom. The summed E-state index contributed by atoms with van der Waals surface area (Å²) in [6.45, 7) is 3.97. The normalized spacial score (nSPS) is 9.36. The van der Waals surface area contributed by atoms with Gasteiger partial charge in [0.15, 0.2) is 0 Å². The maximum absolute atomic E-state index is 8.74. The van der Waals surface area contributed by atoms with Crippen molar-refractivity contribution in [2.45, 2.75) is 26.9 Å². The van der Waals surface area contributed by atoms with Gasteiger partial charge < -0.3 is 10.1 Å². The van der Waals surface area contributed by atoms with E-state index in [4.69, 9.17) is 5.11 Å². The van der Waals surface area contributed by atoms with E-state index in [1.807, 2.05) is 13.8 Å². The summed E-state index contributed by atoms with van der Waals surface area (Å²) < 4.78 is 0. The van der Waals surface area contributed by atoms with Crippen LogP contribution in [0.25, 0.3) is 0 Å². The van der Waals surface area contributed by atoms with Crippen LogP contribution in [0.1, 0.15) is 24.1 Å². The lowest BCUT2D eigenvalue weighted by molar-refractivity contribution is 0.276. The fourth-order valence-electron chi connectivity index (χ4n) is 0.885. The van der Waals surface area contributed by atoms with Crippen LogP contribution in [0.15, 0.2) is 0 Å². The summed E-state index contributed by atoms with van der Waals surface area (Å²) in [7, 11) is 0. The molecule has 0 aromatic carbocycles. The average Bonchev–Trinajstić information content (AvgIpc) is 2.30. The van der Waals surface area contributed by atoms with Gasteiger partial charge in [0.2, 0.25) is 0 Å². The molecule has 0 aliphatic heterocycles. The molecule has 1 heterocycles. The number of aliphatic hydroxyl groups excluding tert-OH is 1. The van der Waals surface area contributed by atoms with E-state index in [1.54, 1.807) is 0 Å². The van der Waals surface area contributed by atoms with Gasteiger partial charge in [0.25, 0.3) is 0 Å². The van der Waals surface area contributed by atoms with Crippen LogP contribution in [-0.4, -0.2) is 15.1 Å². The van der Waals surface area contributed by atoms with Gasteiger partial charge in [-0.05, 0) is 6.92 Å². The van der Waals surface area contributed by atoms with Gasteiger partial charge in [0, 0.05) is 12.1 Å². The second-order valence-corrected chi connectivity index (χ2v) is 2.27. The molecule has 0 fully saturated rings. The second-order valence-electron chi connectivity index (χ2n) is 2.27. The molecule has 0 radical (unpaired) electrons. The highest BCUT2D eigenvalue weighted by molar-refractivity contribution is 5.85. The zero-order valence-electron chi connectivity index (χ0n) is 6.72. The zero-order chi connectivity index (χ0) is 7.56. The van der Waals surface area contributed by atoms with Crippen molar-refractivity contribution in [3.8, 4) is 0 Å². The third-order valence-electron chi connectivity index (χ3n) is 1.52. The second kappa shape index (κ2) is 4.36. The zero-order valence-corrected chi connectivity index (χ0v) is 7.53. The first-order valence-corrected chi connectivity index (χ1v) is 3.43. The largest absolute Gasteiger partial charge is 0.390 e. The molecule has 11 heavy (non-hydrogen) atoms. The van der Waals surface area contributed by atoms with Gasteiger partial charge in [0.1, 0.15) is 5.82 Å². The monoisotopic (exact) mass is 176 g/mol. The topological polar surface area (TPSA) is 48.9 Å². The number of nitrogens with zero attached hydrogens (tertiary/aromatic N) is 1. The fraction of sp³-hybridized carbons (Fsp3) is 0.571. The molecule has 1 aromatic heterocycles. The Kier molecular flexibility index (Phi) is 4.15. The van der Waals surface area contributed by atoms with Gasteiger partial charge in [-0.15, -0.1) is 12.4 Å². The van der Waals surface area contributed by atoms with Crippen molar-refractivity contribution in [2.24, 2.45) is 0 Å². The predicted octanol–water partition coefficient (Wildman–Crippen LogP) is 1.19. The number of aliphatic hydroxyl groups is 1. The summed E-state index contributed by atoms with van der Waals surface area (Å²) in [5, 5.41) is 8.74. The number of H-pyrrole nitrogens is 1. The maximum Gasteiger partial charge on any atom is 0.106 e. The van der Waals surface area contributed by atoms with Crippen LogP contribution < -0.4 is 0 Å². The molecule has 0 aliphatic rings. The lowest BCUT2D eigenvalue weighted by atomic mass is 10.4. The number of imidazole rings is 1. The highest BCUT2D eigenvalue weighted by atomic mass is 35.5. The molecule has 0 atom stereocenters. The number of rotatable bonds is 2. The Labute approximate surface area is 72.3 Å². The summed E-state index contributed by atoms with van der Waals surface area (Å²) in [6.07, 6.45) is 0.890. The molecule has 2 N–H and O–H groups in total. The summed E-state index contributed by atoms with van der Waals surface area (Å²) in [6, 6.07) is 0. The standard InChI is InChI=1S/C7H12N2O.ClH/c1-3-7-8-5(2)6(4-10)9-7;/h10H,3-4H2,1-2H3,(H,8,9);1H. The minimum absolute atomic E-state index is 0. The summed E-state index contributed by atoms with van der Waals surface area (Å²) >= 11 is 0. The Morgan fingerprint density at radius 3 is 2.45 bits per heavy atom.